The number of H-pyrrole nitrogens is 1. The van der Waals surface area contributed by atoms with Crippen LogP contribution in [0.15, 0.2) is 22.8 Å². The molecule has 1 aliphatic carbocycles. The molecule has 0 aliphatic heterocycles. The standard InChI is InChI=1S/C21H26N2O5/c1-13-18(14(2)22-19(13)21(26)27-3)17(24)12-23(11-16-9-6-10-28-16)20(25)15-7-4-5-8-15/h6,9-10,15,22H,4-5,7-8,11-12H2,1-3H3. The zero-order chi connectivity index (χ0) is 20.3. The van der Waals surface area contributed by atoms with Crippen LogP contribution >= 0.6 is 0 Å². The number of carbonyl (C=O) groups is 3. The molecule has 28 heavy (non-hydrogen) atoms. The zero-order valence-corrected chi connectivity index (χ0v) is 16.5. The molecule has 7 heteroatoms. The molecule has 1 N–H and O–H groups in total. The molecule has 0 aromatic carbocycles. The molecule has 1 amide bonds. The number of aryl methyl sites for hydroxylation is 1. The maximum Gasteiger partial charge on any atom is 0.354 e. The van der Waals surface area contributed by atoms with E-state index in [9.17, 15) is 14.4 Å². The third-order valence-corrected chi connectivity index (χ3v) is 5.38. The van der Waals surface area contributed by atoms with Crippen molar-refractivity contribution < 1.29 is 23.5 Å². The molecule has 2 aromatic heterocycles. The van der Waals surface area contributed by atoms with Gasteiger partial charge >= 0.3 is 5.97 Å². The Hall–Kier alpha value is -2.83. The Morgan fingerprint density at radius 1 is 1.25 bits per heavy atom. The maximum atomic E-state index is 13.1. The molecule has 1 fully saturated rings. The number of hydrogen-bond donors (Lipinski definition) is 1. The maximum absolute atomic E-state index is 13.1. The Labute approximate surface area is 164 Å². The molecule has 0 bridgehead atoms. The fourth-order valence-corrected chi connectivity index (χ4v) is 3.96. The third-order valence-electron chi connectivity index (χ3n) is 5.38. The van der Waals surface area contributed by atoms with Crippen LogP contribution < -0.4 is 0 Å². The average Bonchev–Trinajstić information content (AvgIpc) is 3.42. The van der Waals surface area contributed by atoms with Crippen LogP contribution in [0, 0.1) is 19.8 Å². The van der Waals surface area contributed by atoms with Crippen molar-refractivity contribution in [3.05, 3.63) is 46.7 Å². The van der Waals surface area contributed by atoms with Crippen LogP contribution in [0.5, 0.6) is 0 Å². The van der Waals surface area contributed by atoms with Gasteiger partial charge in [0.15, 0.2) is 5.78 Å². The molecule has 7 nitrogen and oxygen atoms in total. The predicted octanol–water partition coefficient (Wildman–Crippen LogP) is 3.41. The second kappa shape index (κ2) is 8.46. The minimum atomic E-state index is -0.519. The summed E-state index contributed by atoms with van der Waals surface area (Å²) in [5, 5.41) is 0. The van der Waals surface area contributed by atoms with Crippen LogP contribution in [0.3, 0.4) is 0 Å². The third kappa shape index (κ3) is 4.03. The molecule has 0 radical (unpaired) electrons. The summed E-state index contributed by atoms with van der Waals surface area (Å²) in [5.41, 5.74) is 1.84. The highest BCUT2D eigenvalue weighted by Gasteiger charge is 2.31. The van der Waals surface area contributed by atoms with Gasteiger partial charge in [0, 0.05) is 17.2 Å². The molecule has 0 saturated heterocycles. The summed E-state index contributed by atoms with van der Waals surface area (Å²) in [6.07, 6.45) is 5.35. The van der Waals surface area contributed by atoms with Gasteiger partial charge in [-0.1, -0.05) is 12.8 Å². The number of amides is 1. The Kier molecular flexibility index (Phi) is 6.02. The number of nitrogens with zero attached hydrogens (tertiary/aromatic N) is 1. The van der Waals surface area contributed by atoms with E-state index in [-0.39, 0.29) is 36.4 Å². The van der Waals surface area contributed by atoms with E-state index < -0.39 is 5.97 Å². The molecule has 0 spiro atoms. The molecular formula is C21H26N2O5. The van der Waals surface area contributed by atoms with Crippen LogP contribution in [0.25, 0.3) is 0 Å². The van der Waals surface area contributed by atoms with Gasteiger partial charge in [0.1, 0.15) is 11.5 Å². The number of aromatic amines is 1. The topological polar surface area (TPSA) is 92.6 Å². The quantitative estimate of drug-likeness (QED) is 0.581. The fraction of sp³-hybridized carbons (Fsp3) is 0.476. The van der Waals surface area contributed by atoms with Gasteiger partial charge in [-0.05, 0) is 44.4 Å². The number of rotatable bonds is 7. The van der Waals surface area contributed by atoms with Crippen molar-refractivity contribution in [1.29, 1.82) is 0 Å². The van der Waals surface area contributed by atoms with E-state index in [2.05, 4.69) is 4.98 Å². The lowest BCUT2D eigenvalue weighted by Crippen LogP contribution is -2.38. The van der Waals surface area contributed by atoms with E-state index in [1.807, 2.05) is 0 Å². The number of esters is 1. The van der Waals surface area contributed by atoms with Crippen LogP contribution in [0.1, 0.15) is 63.5 Å². The van der Waals surface area contributed by atoms with Gasteiger partial charge in [-0.2, -0.15) is 0 Å². The molecule has 150 valence electrons. The van der Waals surface area contributed by atoms with E-state index in [1.54, 1.807) is 37.1 Å². The van der Waals surface area contributed by atoms with Gasteiger partial charge in [0.25, 0.3) is 0 Å². The summed E-state index contributed by atoms with van der Waals surface area (Å²) < 4.78 is 10.2. The molecule has 2 aromatic rings. The number of Topliss-reactive ketones (excluding diaryl/α,β-unsaturated/α-hetero) is 1. The van der Waals surface area contributed by atoms with Crippen molar-refractivity contribution in [3.8, 4) is 0 Å². The number of carbonyl (C=O) groups excluding carboxylic acids is 3. The number of nitrogens with one attached hydrogen (secondary N) is 1. The van der Waals surface area contributed by atoms with Gasteiger partial charge in [-0.25, -0.2) is 4.79 Å². The van der Waals surface area contributed by atoms with E-state index in [0.717, 1.165) is 25.7 Å². The summed E-state index contributed by atoms with van der Waals surface area (Å²) in [6.45, 7) is 3.64. The van der Waals surface area contributed by atoms with E-state index in [4.69, 9.17) is 9.15 Å². The first-order valence-electron chi connectivity index (χ1n) is 9.54. The Morgan fingerprint density at radius 3 is 2.57 bits per heavy atom. The lowest BCUT2D eigenvalue weighted by molar-refractivity contribution is -0.135. The molecule has 0 unspecified atom stereocenters. The van der Waals surface area contributed by atoms with Crippen molar-refractivity contribution in [3.63, 3.8) is 0 Å². The van der Waals surface area contributed by atoms with Gasteiger partial charge in [-0.15, -0.1) is 0 Å². The van der Waals surface area contributed by atoms with Crippen LogP contribution in [0.4, 0.5) is 0 Å². The largest absolute Gasteiger partial charge is 0.467 e. The Morgan fingerprint density at radius 2 is 1.96 bits per heavy atom. The number of furan rings is 1. The molecule has 1 saturated carbocycles. The lowest BCUT2D eigenvalue weighted by Gasteiger charge is -2.24. The van der Waals surface area contributed by atoms with Gasteiger partial charge in [-0.3, -0.25) is 9.59 Å². The van der Waals surface area contributed by atoms with Crippen molar-refractivity contribution in [2.45, 2.75) is 46.1 Å². The number of hydrogen-bond acceptors (Lipinski definition) is 5. The molecule has 2 heterocycles. The summed E-state index contributed by atoms with van der Waals surface area (Å²) in [5.74, 6) is -0.145. The molecule has 0 atom stereocenters. The number of methoxy groups -OCH3 is 1. The average molecular weight is 386 g/mol. The van der Waals surface area contributed by atoms with Crippen molar-refractivity contribution in [2.24, 2.45) is 5.92 Å². The van der Waals surface area contributed by atoms with Crippen LogP contribution in [0.2, 0.25) is 0 Å². The first-order valence-corrected chi connectivity index (χ1v) is 9.54. The van der Waals surface area contributed by atoms with Crippen molar-refractivity contribution >= 4 is 17.7 Å². The molecular weight excluding hydrogens is 360 g/mol. The summed E-state index contributed by atoms with van der Waals surface area (Å²) >= 11 is 0. The molecule has 3 rings (SSSR count). The van der Waals surface area contributed by atoms with E-state index >= 15 is 0 Å². The number of ketones is 1. The predicted molar refractivity (Wildman–Crippen MR) is 102 cm³/mol. The minimum Gasteiger partial charge on any atom is -0.467 e. The van der Waals surface area contributed by atoms with Crippen LogP contribution in [-0.2, 0) is 16.1 Å². The number of ether oxygens (including phenoxy) is 1. The van der Waals surface area contributed by atoms with Gasteiger partial charge in [0.2, 0.25) is 5.91 Å². The monoisotopic (exact) mass is 386 g/mol. The molecule has 1 aliphatic rings. The SMILES string of the molecule is COC(=O)c1[nH]c(C)c(C(=O)CN(Cc2ccco2)C(=O)C2CCCC2)c1C. The Bertz CT molecular complexity index is 860. The highest BCUT2D eigenvalue weighted by atomic mass is 16.5. The highest BCUT2D eigenvalue weighted by Crippen LogP contribution is 2.28. The fourth-order valence-electron chi connectivity index (χ4n) is 3.96. The van der Waals surface area contributed by atoms with Gasteiger partial charge in [0.05, 0.1) is 26.5 Å². The summed E-state index contributed by atoms with van der Waals surface area (Å²) in [4.78, 5) is 42.5. The smallest absolute Gasteiger partial charge is 0.354 e. The second-order valence-corrected chi connectivity index (χ2v) is 7.29. The van der Waals surface area contributed by atoms with Crippen molar-refractivity contribution in [1.82, 2.24) is 9.88 Å². The van der Waals surface area contributed by atoms with Crippen molar-refractivity contribution in [2.75, 3.05) is 13.7 Å². The highest BCUT2D eigenvalue weighted by molar-refractivity contribution is 6.04. The van der Waals surface area contributed by atoms with Gasteiger partial charge < -0.3 is 19.0 Å². The minimum absolute atomic E-state index is 0.0127. The zero-order valence-electron chi connectivity index (χ0n) is 16.5. The summed E-state index contributed by atoms with van der Waals surface area (Å²) in [7, 11) is 1.30. The first kappa shape index (κ1) is 19.9. The van der Waals surface area contributed by atoms with E-state index in [1.165, 1.54) is 7.11 Å². The summed E-state index contributed by atoms with van der Waals surface area (Å²) in [6, 6.07) is 3.56. The lowest BCUT2D eigenvalue weighted by atomic mass is 10.0. The number of aromatic nitrogens is 1. The van der Waals surface area contributed by atoms with Crippen LogP contribution in [-0.4, -0.2) is 41.2 Å². The normalized spacial score (nSPS) is 14.2. The second-order valence-electron chi connectivity index (χ2n) is 7.29. The van der Waals surface area contributed by atoms with E-state index in [0.29, 0.717) is 22.6 Å². The Balaban J connectivity index is 1.83. The first-order chi connectivity index (χ1) is 13.4.